The van der Waals surface area contributed by atoms with Gasteiger partial charge in [-0.25, -0.2) is 9.97 Å². The lowest BCUT2D eigenvalue weighted by molar-refractivity contribution is 0.255. The molecule has 4 nitrogen and oxygen atoms in total. The zero-order chi connectivity index (χ0) is 13.2. The van der Waals surface area contributed by atoms with E-state index in [9.17, 15) is 0 Å². The first-order valence-corrected chi connectivity index (χ1v) is 6.95. The van der Waals surface area contributed by atoms with Crippen LogP contribution in [0, 0.1) is 5.92 Å². The molecule has 1 unspecified atom stereocenters. The predicted molar refractivity (Wildman–Crippen MR) is 74.6 cm³/mol. The van der Waals surface area contributed by atoms with Gasteiger partial charge in [0.25, 0.3) is 0 Å². The Morgan fingerprint density at radius 1 is 1.22 bits per heavy atom. The lowest BCUT2D eigenvalue weighted by atomic mass is 10.0. The molecule has 2 N–H and O–H groups in total. The fraction of sp³-hybridized carbons (Fsp3) is 0.714. The van der Waals surface area contributed by atoms with Crippen molar-refractivity contribution in [2.45, 2.75) is 46.0 Å². The van der Waals surface area contributed by atoms with Crippen LogP contribution < -0.4 is 5.32 Å². The van der Waals surface area contributed by atoms with Crippen molar-refractivity contribution < 1.29 is 5.11 Å². The van der Waals surface area contributed by atoms with Gasteiger partial charge in [-0.2, -0.15) is 0 Å². The molecule has 18 heavy (non-hydrogen) atoms. The van der Waals surface area contributed by atoms with E-state index in [0.29, 0.717) is 5.92 Å². The molecule has 1 rings (SSSR count). The van der Waals surface area contributed by atoms with Gasteiger partial charge in [0.2, 0.25) is 0 Å². The minimum absolute atomic E-state index is 0.261. The van der Waals surface area contributed by atoms with Gasteiger partial charge < -0.3 is 10.4 Å². The Kier molecular flexibility index (Phi) is 7.34. The summed E-state index contributed by atoms with van der Waals surface area (Å²) in [5.74, 6) is 1.41. The van der Waals surface area contributed by atoms with E-state index in [2.05, 4.69) is 29.1 Å². The summed E-state index contributed by atoms with van der Waals surface area (Å²) in [6.45, 7) is 5.45. The van der Waals surface area contributed by atoms with Gasteiger partial charge in [-0.15, -0.1) is 0 Å². The summed E-state index contributed by atoms with van der Waals surface area (Å²) < 4.78 is 0. The van der Waals surface area contributed by atoms with Crippen molar-refractivity contribution in [1.82, 2.24) is 9.97 Å². The number of aryl methyl sites for hydroxylation is 1. The molecule has 0 aromatic carbocycles. The zero-order valence-corrected chi connectivity index (χ0v) is 11.5. The first kappa shape index (κ1) is 14.9. The van der Waals surface area contributed by atoms with E-state index in [-0.39, 0.29) is 6.61 Å². The average molecular weight is 251 g/mol. The normalized spacial score (nSPS) is 12.4. The highest BCUT2D eigenvalue weighted by Gasteiger charge is 2.07. The maximum absolute atomic E-state index is 9.02. The van der Waals surface area contributed by atoms with E-state index in [4.69, 9.17) is 5.11 Å². The topological polar surface area (TPSA) is 58.0 Å². The van der Waals surface area contributed by atoms with E-state index >= 15 is 0 Å². The van der Waals surface area contributed by atoms with Gasteiger partial charge in [0, 0.05) is 24.9 Å². The highest BCUT2D eigenvalue weighted by Crippen LogP contribution is 2.13. The number of aliphatic hydroxyl groups excluding tert-OH is 1. The van der Waals surface area contributed by atoms with Crippen molar-refractivity contribution in [2.75, 3.05) is 18.5 Å². The molecule has 0 amide bonds. The summed E-state index contributed by atoms with van der Waals surface area (Å²) in [6.07, 6.45) is 6.85. The third kappa shape index (κ3) is 5.45. The molecule has 1 heterocycles. The van der Waals surface area contributed by atoms with Gasteiger partial charge >= 0.3 is 0 Å². The number of nitrogens with zero attached hydrogens (tertiary/aromatic N) is 2. The van der Waals surface area contributed by atoms with Crippen LogP contribution in [0.4, 0.5) is 5.82 Å². The van der Waals surface area contributed by atoms with E-state index in [1.54, 1.807) is 6.33 Å². The molecule has 0 saturated carbocycles. The molecule has 0 radical (unpaired) electrons. The molecule has 1 atom stereocenters. The number of rotatable bonds is 9. The van der Waals surface area contributed by atoms with Crippen molar-refractivity contribution >= 4 is 5.82 Å². The number of aromatic nitrogens is 2. The van der Waals surface area contributed by atoms with E-state index in [1.165, 1.54) is 0 Å². The lowest BCUT2D eigenvalue weighted by Gasteiger charge is -2.16. The van der Waals surface area contributed by atoms with Crippen LogP contribution in [0.3, 0.4) is 0 Å². The second-order valence-corrected chi connectivity index (χ2v) is 4.69. The second kappa shape index (κ2) is 8.86. The number of hydrogen-bond acceptors (Lipinski definition) is 4. The van der Waals surface area contributed by atoms with Gasteiger partial charge in [-0.1, -0.05) is 26.7 Å². The summed E-state index contributed by atoms with van der Waals surface area (Å²) in [5.41, 5.74) is 1.09. The van der Waals surface area contributed by atoms with Crippen LogP contribution in [0.2, 0.25) is 0 Å². The first-order valence-electron chi connectivity index (χ1n) is 6.95. The predicted octanol–water partition coefficient (Wildman–Crippen LogP) is 2.64. The van der Waals surface area contributed by atoms with E-state index < -0.39 is 0 Å². The van der Waals surface area contributed by atoms with Crippen LogP contribution in [0.15, 0.2) is 12.4 Å². The van der Waals surface area contributed by atoms with E-state index in [1.807, 2.05) is 6.07 Å². The second-order valence-electron chi connectivity index (χ2n) is 4.69. The smallest absolute Gasteiger partial charge is 0.129 e. The van der Waals surface area contributed by atoms with Gasteiger partial charge in [0.1, 0.15) is 12.1 Å². The van der Waals surface area contributed by atoms with Crippen LogP contribution in [0.5, 0.6) is 0 Å². The van der Waals surface area contributed by atoms with Crippen LogP contribution in [-0.4, -0.2) is 28.2 Å². The fourth-order valence-electron chi connectivity index (χ4n) is 2.08. The maximum Gasteiger partial charge on any atom is 0.129 e. The number of hydrogen-bond donors (Lipinski definition) is 2. The molecule has 0 bridgehead atoms. The van der Waals surface area contributed by atoms with Gasteiger partial charge in [-0.05, 0) is 25.2 Å². The van der Waals surface area contributed by atoms with Crippen molar-refractivity contribution in [2.24, 2.45) is 5.92 Å². The summed E-state index contributed by atoms with van der Waals surface area (Å²) in [5, 5.41) is 12.4. The minimum Gasteiger partial charge on any atom is -0.396 e. The maximum atomic E-state index is 9.02. The summed E-state index contributed by atoms with van der Waals surface area (Å²) in [6, 6.07) is 2.02. The molecule has 0 aliphatic heterocycles. The third-order valence-corrected chi connectivity index (χ3v) is 3.04. The monoisotopic (exact) mass is 251 g/mol. The Labute approximate surface area is 110 Å². The molecule has 1 aromatic heterocycles. The molecule has 1 aromatic rings. The SMILES string of the molecule is CCCc1cc(NCC(CCC)CCO)ncn1. The minimum atomic E-state index is 0.261. The van der Waals surface area contributed by atoms with Gasteiger partial charge in [0.05, 0.1) is 0 Å². The number of nitrogens with one attached hydrogen (secondary N) is 1. The molecule has 0 aliphatic carbocycles. The van der Waals surface area contributed by atoms with Crippen LogP contribution in [0.25, 0.3) is 0 Å². The van der Waals surface area contributed by atoms with Crippen molar-refractivity contribution in [3.63, 3.8) is 0 Å². The largest absolute Gasteiger partial charge is 0.396 e. The molecular formula is C14H25N3O. The van der Waals surface area contributed by atoms with Crippen LogP contribution in [0.1, 0.15) is 45.2 Å². The Balaban J connectivity index is 2.47. The molecule has 0 spiro atoms. The number of anilines is 1. The van der Waals surface area contributed by atoms with Gasteiger partial charge in [-0.3, -0.25) is 0 Å². The summed E-state index contributed by atoms with van der Waals surface area (Å²) in [4.78, 5) is 8.47. The Morgan fingerprint density at radius 2 is 2.06 bits per heavy atom. The molecular weight excluding hydrogens is 226 g/mol. The van der Waals surface area contributed by atoms with Gasteiger partial charge in [0.15, 0.2) is 0 Å². The quantitative estimate of drug-likeness (QED) is 0.708. The summed E-state index contributed by atoms with van der Waals surface area (Å²) in [7, 11) is 0. The molecule has 4 heteroatoms. The average Bonchev–Trinajstić information content (AvgIpc) is 2.37. The fourth-order valence-corrected chi connectivity index (χ4v) is 2.08. The molecule has 0 fully saturated rings. The van der Waals surface area contributed by atoms with Crippen molar-refractivity contribution in [3.8, 4) is 0 Å². The standard InChI is InChI=1S/C14H25N3O/c1-3-5-12(7-8-18)10-15-14-9-13(6-4-2)16-11-17-14/h9,11-12,18H,3-8,10H2,1-2H3,(H,15,16,17). The van der Waals surface area contributed by atoms with Crippen molar-refractivity contribution in [3.05, 3.63) is 18.1 Å². The molecule has 102 valence electrons. The highest BCUT2D eigenvalue weighted by atomic mass is 16.3. The first-order chi connectivity index (χ1) is 8.80. The Morgan fingerprint density at radius 3 is 2.72 bits per heavy atom. The Bertz CT molecular complexity index is 325. The molecule has 0 aliphatic rings. The van der Waals surface area contributed by atoms with Crippen LogP contribution in [-0.2, 0) is 6.42 Å². The number of aliphatic hydroxyl groups is 1. The third-order valence-electron chi connectivity index (χ3n) is 3.04. The van der Waals surface area contributed by atoms with Crippen molar-refractivity contribution in [1.29, 1.82) is 0 Å². The highest BCUT2D eigenvalue weighted by molar-refractivity contribution is 5.34. The molecule has 0 saturated heterocycles. The zero-order valence-electron chi connectivity index (χ0n) is 11.5. The van der Waals surface area contributed by atoms with Crippen LogP contribution >= 0.6 is 0 Å². The Hall–Kier alpha value is -1.16. The summed E-state index contributed by atoms with van der Waals surface area (Å²) >= 11 is 0. The van der Waals surface area contributed by atoms with E-state index in [0.717, 1.165) is 50.2 Å². The lowest BCUT2D eigenvalue weighted by Crippen LogP contribution is -2.16.